The minimum absolute atomic E-state index is 0.0570. The van der Waals surface area contributed by atoms with Gasteiger partial charge in [-0.05, 0) is 39.0 Å². The van der Waals surface area contributed by atoms with Crippen molar-refractivity contribution in [2.75, 3.05) is 13.7 Å². The third kappa shape index (κ3) is 4.29. The second-order valence-electron chi connectivity index (χ2n) is 6.05. The summed E-state index contributed by atoms with van der Waals surface area (Å²) in [5.74, 6) is 0.689. The number of hydrogen-bond acceptors (Lipinski definition) is 4. The first-order valence-electron chi connectivity index (χ1n) is 7.65. The Kier molecular flexibility index (Phi) is 6.14. The van der Waals surface area contributed by atoms with Crippen molar-refractivity contribution >= 4 is 29.1 Å². The van der Waals surface area contributed by atoms with Crippen LogP contribution >= 0.6 is 23.2 Å². The van der Waals surface area contributed by atoms with Crippen LogP contribution in [0.4, 0.5) is 0 Å². The first-order chi connectivity index (χ1) is 10.8. The molecule has 0 spiro atoms. The summed E-state index contributed by atoms with van der Waals surface area (Å²) in [7, 11) is 1.80. The van der Waals surface area contributed by atoms with E-state index in [0.29, 0.717) is 33.8 Å². The zero-order chi connectivity index (χ0) is 17.1. The lowest BCUT2D eigenvalue weighted by Gasteiger charge is -2.33. The van der Waals surface area contributed by atoms with Gasteiger partial charge in [0.25, 0.3) is 5.91 Å². The predicted octanol–water partition coefficient (Wildman–Crippen LogP) is 2.72. The zero-order valence-electron chi connectivity index (χ0n) is 13.8. The number of rotatable bonds is 5. The van der Waals surface area contributed by atoms with Crippen molar-refractivity contribution in [3.8, 4) is 5.75 Å². The molecule has 1 heterocycles. The van der Waals surface area contributed by atoms with Crippen LogP contribution in [0.3, 0.4) is 0 Å². The summed E-state index contributed by atoms with van der Waals surface area (Å²) in [6, 6.07) is 5.60. The summed E-state index contributed by atoms with van der Waals surface area (Å²) in [5, 5.41) is 0.927. The van der Waals surface area contributed by atoms with Gasteiger partial charge in [0, 0.05) is 36.1 Å². The van der Waals surface area contributed by atoms with E-state index >= 15 is 0 Å². The quantitative estimate of drug-likeness (QED) is 0.848. The van der Waals surface area contributed by atoms with E-state index in [1.54, 1.807) is 30.1 Å². The van der Waals surface area contributed by atoms with Gasteiger partial charge in [-0.2, -0.15) is 0 Å². The lowest BCUT2D eigenvalue weighted by molar-refractivity contribution is -0.134. The van der Waals surface area contributed by atoms with Gasteiger partial charge in [-0.15, -0.1) is 0 Å². The molecule has 1 saturated heterocycles. The molecule has 1 aliphatic heterocycles. The number of amides is 1. The molecular weight excluding hydrogens is 337 g/mol. The van der Waals surface area contributed by atoms with Crippen LogP contribution in [0.2, 0.25) is 10.0 Å². The third-order valence-corrected chi connectivity index (χ3v) is 5.03. The molecule has 5 nitrogen and oxygen atoms in total. The van der Waals surface area contributed by atoms with Crippen LogP contribution in [0.5, 0.6) is 5.75 Å². The Morgan fingerprint density at radius 1 is 1.30 bits per heavy atom. The van der Waals surface area contributed by atoms with E-state index < -0.39 is 0 Å². The molecule has 1 aromatic rings. The van der Waals surface area contributed by atoms with Gasteiger partial charge < -0.3 is 9.64 Å². The highest BCUT2D eigenvalue weighted by Crippen LogP contribution is 2.27. The Labute approximate surface area is 147 Å². The summed E-state index contributed by atoms with van der Waals surface area (Å²) >= 11 is 11.9. The van der Waals surface area contributed by atoms with E-state index in [1.165, 1.54) is 0 Å². The average molecular weight is 360 g/mol. The van der Waals surface area contributed by atoms with Crippen LogP contribution in [0.25, 0.3) is 0 Å². The normalized spacial score (nSPS) is 25.2. The molecule has 1 fully saturated rings. The molecule has 0 aliphatic carbocycles. The van der Waals surface area contributed by atoms with E-state index in [2.05, 4.69) is 31.6 Å². The fraction of sp³-hybridized carbons (Fsp3) is 0.562. The molecule has 1 aromatic carbocycles. The molecule has 1 aliphatic rings. The number of carbonyl (C=O) groups is 1. The van der Waals surface area contributed by atoms with Gasteiger partial charge in [0.05, 0.1) is 5.02 Å². The van der Waals surface area contributed by atoms with Gasteiger partial charge in [0.15, 0.2) is 6.61 Å². The highest BCUT2D eigenvalue weighted by molar-refractivity contribution is 6.35. The lowest BCUT2D eigenvalue weighted by atomic mass is 9.89. The summed E-state index contributed by atoms with van der Waals surface area (Å²) in [6.07, 6.45) is 0. The van der Waals surface area contributed by atoms with Crippen molar-refractivity contribution in [3.63, 3.8) is 0 Å². The molecule has 0 bridgehead atoms. The molecular formula is C16H23Cl2N3O2. The largest absolute Gasteiger partial charge is 0.482 e. The van der Waals surface area contributed by atoms with Gasteiger partial charge in [-0.3, -0.25) is 15.6 Å². The number of benzene rings is 1. The predicted molar refractivity (Wildman–Crippen MR) is 92.9 cm³/mol. The van der Waals surface area contributed by atoms with Crippen molar-refractivity contribution < 1.29 is 9.53 Å². The SMILES string of the molecule is CC1NNC(C)C1C(C)N(C)C(=O)COc1ccc(Cl)cc1Cl. The number of nitrogens with one attached hydrogen (secondary N) is 2. The Bertz CT molecular complexity index is 560. The number of nitrogens with zero attached hydrogens (tertiary/aromatic N) is 1. The third-order valence-electron chi connectivity index (χ3n) is 4.50. The Morgan fingerprint density at radius 3 is 2.48 bits per heavy atom. The topological polar surface area (TPSA) is 53.6 Å². The Balaban J connectivity index is 1.94. The van der Waals surface area contributed by atoms with Crippen LogP contribution in [0.1, 0.15) is 20.8 Å². The van der Waals surface area contributed by atoms with Gasteiger partial charge in [0.1, 0.15) is 5.75 Å². The zero-order valence-corrected chi connectivity index (χ0v) is 15.3. The number of ether oxygens (including phenoxy) is 1. The minimum atomic E-state index is -0.0881. The molecule has 0 saturated carbocycles. The van der Waals surface area contributed by atoms with Crippen molar-refractivity contribution in [3.05, 3.63) is 28.2 Å². The van der Waals surface area contributed by atoms with Gasteiger partial charge >= 0.3 is 0 Å². The van der Waals surface area contributed by atoms with Crippen molar-refractivity contribution in [2.45, 2.75) is 38.9 Å². The molecule has 1 amide bonds. The maximum atomic E-state index is 12.4. The van der Waals surface area contributed by atoms with Crippen molar-refractivity contribution in [1.82, 2.24) is 15.8 Å². The monoisotopic (exact) mass is 359 g/mol. The molecule has 128 valence electrons. The number of carbonyl (C=O) groups excluding carboxylic acids is 1. The lowest BCUT2D eigenvalue weighted by Crippen LogP contribution is -2.47. The first-order valence-corrected chi connectivity index (χ1v) is 8.41. The summed E-state index contributed by atoms with van der Waals surface area (Å²) in [4.78, 5) is 14.1. The highest BCUT2D eigenvalue weighted by atomic mass is 35.5. The first kappa shape index (κ1) is 18.3. The molecule has 7 heteroatoms. The van der Waals surface area contributed by atoms with Crippen molar-refractivity contribution in [2.24, 2.45) is 5.92 Å². The van der Waals surface area contributed by atoms with E-state index in [1.807, 2.05) is 0 Å². The van der Waals surface area contributed by atoms with E-state index in [0.717, 1.165) is 0 Å². The number of hydrogen-bond donors (Lipinski definition) is 2. The van der Waals surface area contributed by atoms with E-state index in [4.69, 9.17) is 27.9 Å². The van der Waals surface area contributed by atoms with Crippen LogP contribution in [0.15, 0.2) is 18.2 Å². The minimum Gasteiger partial charge on any atom is -0.482 e. The molecule has 3 atom stereocenters. The van der Waals surface area contributed by atoms with Gasteiger partial charge in [0.2, 0.25) is 0 Å². The molecule has 23 heavy (non-hydrogen) atoms. The summed E-state index contributed by atoms with van der Waals surface area (Å²) in [5.41, 5.74) is 6.43. The molecule has 0 aromatic heterocycles. The number of hydrazine groups is 1. The molecule has 2 N–H and O–H groups in total. The van der Waals surface area contributed by atoms with Gasteiger partial charge in [-0.1, -0.05) is 23.2 Å². The van der Waals surface area contributed by atoms with Crippen LogP contribution in [-0.2, 0) is 4.79 Å². The van der Waals surface area contributed by atoms with Crippen LogP contribution in [-0.4, -0.2) is 42.6 Å². The highest BCUT2D eigenvalue weighted by Gasteiger charge is 2.37. The van der Waals surface area contributed by atoms with Crippen LogP contribution < -0.4 is 15.6 Å². The smallest absolute Gasteiger partial charge is 0.260 e. The van der Waals surface area contributed by atoms with Crippen LogP contribution in [0, 0.1) is 5.92 Å². The number of likely N-dealkylation sites (N-methyl/N-ethyl adjacent to an activating group) is 1. The maximum Gasteiger partial charge on any atom is 0.260 e. The summed E-state index contributed by atoms with van der Waals surface area (Å²) < 4.78 is 5.53. The Morgan fingerprint density at radius 2 is 1.91 bits per heavy atom. The fourth-order valence-corrected chi connectivity index (χ4v) is 3.51. The maximum absolute atomic E-state index is 12.4. The second-order valence-corrected chi connectivity index (χ2v) is 6.90. The molecule has 3 unspecified atom stereocenters. The van der Waals surface area contributed by atoms with Gasteiger partial charge in [-0.25, -0.2) is 0 Å². The van der Waals surface area contributed by atoms with Crippen molar-refractivity contribution in [1.29, 1.82) is 0 Å². The Hall–Kier alpha value is -1.01. The standard InChI is InChI=1S/C16H23Cl2N3O2/c1-9-16(10(2)20-19-9)11(3)21(4)15(22)8-23-14-6-5-12(17)7-13(14)18/h5-7,9-11,16,19-20H,8H2,1-4H3. The average Bonchev–Trinajstić information content (AvgIpc) is 2.83. The fourth-order valence-electron chi connectivity index (χ4n) is 3.04. The second kappa shape index (κ2) is 7.71. The molecule has 0 radical (unpaired) electrons. The van der Waals surface area contributed by atoms with E-state index in [-0.39, 0.29) is 18.6 Å². The van der Waals surface area contributed by atoms with E-state index in [9.17, 15) is 4.79 Å². The summed E-state index contributed by atoms with van der Waals surface area (Å²) in [6.45, 7) is 6.22. The number of halogens is 2. The molecule has 2 rings (SSSR count).